The smallest absolute Gasteiger partial charge is 0.199 e. The van der Waals surface area contributed by atoms with Crippen LogP contribution in [0.4, 0.5) is 0 Å². The molecule has 4 heterocycles. The summed E-state index contributed by atoms with van der Waals surface area (Å²) in [6.45, 7) is 8.48. The summed E-state index contributed by atoms with van der Waals surface area (Å²) in [7, 11) is 0. The molecule has 334 valence electrons. The lowest BCUT2D eigenvalue weighted by atomic mass is 9.90. The Balaban J connectivity index is 1.07. The Bertz CT molecular complexity index is 4470. The van der Waals surface area contributed by atoms with E-state index in [0.717, 1.165) is 85.7 Å². The lowest BCUT2D eigenvalue weighted by molar-refractivity contribution is 1.32. The van der Waals surface area contributed by atoms with Gasteiger partial charge in [0.2, 0.25) is 0 Å². The number of hydrogen-bond acceptors (Lipinski definition) is 12. The van der Waals surface area contributed by atoms with Crippen molar-refractivity contribution in [1.82, 2.24) is 19.9 Å². The molecule has 4 aromatic heterocycles. The van der Waals surface area contributed by atoms with Gasteiger partial charge in [-0.3, -0.25) is 19.2 Å². The Hall–Kier alpha value is -7.74. The Morgan fingerprint density at radius 3 is 1.07 bits per heavy atom. The number of nitrogens with zero attached hydrogens (tertiary/aromatic N) is 4. The highest BCUT2D eigenvalue weighted by Crippen LogP contribution is 2.50. The van der Waals surface area contributed by atoms with Gasteiger partial charge in [-0.25, -0.2) is 19.9 Å². The van der Waals surface area contributed by atoms with Crippen LogP contribution < -0.4 is 31.0 Å². The summed E-state index contributed by atoms with van der Waals surface area (Å²) in [5.41, 5.74) is 9.00. The zero-order chi connectivity index (χ0) is 47.7. The van der Waals surface area contributed by atoms with Crippen LogP contribution in [0.3, 0.4) is 0 Å². The second kappa shape index (κ2) is 15.9. The van der Waals surface area contributed by atoms with Gasteiger partial charge in [0.05, 0.1) is 39.9 Å². The van der Waals surface area contributed by atoms with Crippen molar-refractivity contribution in [2.45, 2.75) is 27.7 Å². The maximum absolute atomic E-state index is 14.0. The van der Waals surface area contributed by atoms with Crippen molar-refractivity contribution in [3.8, 4) is 22.3 Å². The number of fused-ring (bicyclic) bond motifs is 2. The summed E-state index contributed by atoms with van der Waals surface area (Å²) < 4.78 is 4.21. The quantitative estimate of drug-likeness (QED) is 0.171. The van der Waals surface area contributed by atoms with Crippen LogP contribution in [0, 0.1) is 47.2 Å². The second-order valence-corrected chi connectivity index (χ2v) is 21.8. The number of rotatable bonds is 4. The van der Waals surface area contributed by atoms with Crippen molar-refractivity contribution in [2.24, 2.45) is 0 Å². The van der Waals surface area contributed by atoms with E-state index in [1.807, 2.05) is 60.7 Å². The molecule has 8 nitrogen and oxygen atoms in total. The molecule has 13 aromatic rings. The normalized spacial score (nSPS) is 12.7. The minimum absolute atomic E-state index is 0.133. The number of hydrogen-bond donors (Lipinski definition) is 0. The Morgan fingerprint density at radius 2 is 0.729 bits per heavy atom. The molecular formula is C58H34N4O4S4. The molecule has 0 saturated heterocycles. The second-order valence-electron chi connectivity index (χ2n) is 17.6. The fourth-order valence-electron chi connectivity index (χ4n) is 10.4. The van der Waals surface area contributed by atoms with E-state index in [4.69, 9.17) is 19.9 Å². The van der Waals surface area contributed by atoms with Crippen molar-refractivity contribution in [2.75, 3.05) is 0 Å². The first-order valence-electron chi connectivity index (χ1n) is 22.5. The van der Waals surface area contributed by atoms with Crippen molar-refractivity contribution >= 4 is 121 Å². The molecule has 0 fully saturated rings. The van der Waals surface area contributed by atoms with E-state index in [2.05, 4.69) is 64.1 Å². The number of aryl methyl sites for hydroxylation is 4. The van der Waals surface area contributed by atoms with Gasteiger partial charge in [0.25, 0.3) is 0 Å². The zero-order valence-corrected chi connectivity index (χ0v) is 41.0. The third-order valence-electron chi connectivity index (χ3n) is 13.4. The maximum atomic E-state index is 14.0. The van der Waals surface area contributed by atoms with Crippen molar-refractivity contribution in [3.63, 3.8) is 0 Å². The molecule has 0 N–H and O–H groups in total. The predicted molar refractivity (Wildman–Crippen MR) is 290 cm³/mol. The highest BCUT2D eigenvalue weighted by molar-refractivity contribution is 7.22. The fraction of sp³-hybridized carbons (Fsp3) is 0.0690. The van der Waals surface area contributed by atoms with Crippen molar-refractivity contribution in [3.05, 3.63) is 224 Å². The van der Waals surface area contributed by atoms with Crippen LogP contribution in [-0.4, -0.2) is 19.9 Å². The maximum Gasteiger partial charge on any atom is 0.199 e. The lowest BCUT2D eigenvalue weighted by Gasteiger charge is -2.16. The zero-order valence-electron chi connectivity index (χ0n) is 37.8. The summed E-state index contributed by atoms with van der Waals surface area (Å²) in [5, 5.41) is 6.91. The van der Waals surface area contributed by atoms with Gasteiger partial charge in [0.1, 0.15) is 19.3 Å². The molecule has 0 spiro atoms. The highest BCUT2D eigenvalue weighted by Gasteiger charge is 2.26. The minimum Gasteiger partial charge on any atom is -0.288 e. The molecule has 0 aliphatic carbocycles. The van der Waals surface area contributed by atoms with Gasteiger partial charge in [-0.05, 0) is 71.8 Å². The van der Waals surface area contributed by atoms with Gasteiger partial charge in [-0.2, -0.15) is 0 Å². The van der Waals surface area contributed by atoms with E-state index in [1.54, 1.807) is 59.3 Å². The number of aromatic nitrogens is 4. The molecule has 0 aliphatic rings. The first-order valence-corrected chi connectivity index (χ1v) is 25.8. The van der Waals surface area contributed by atoms with Crippen LogP contribution in [-0.2, 0) is 0 Å². The van der Waals surface area contributed by atoms with Gasteiger partial charge < -0.3 is 0 Å². The molecule has 13 rings (SSSR count). The van der Waals surface area contributed by atoms with E-state index in [0.29, 0.717) is 50.7 Å². The largest absolute Gasteiger partial charge is 0.288 e. The molecule has 0 amide bonds. The molecule has 12 heteroatoms. The fourth-order valence-corrected chi connectivity index (χ4v) is 14.4. The summed E-state index contributed by atoms with van der Waals surface area (Å²) in [6, 6.07) is 34.9. The Kier molecular flexibility index (Phi) is 9.63. The molecule has 0 aliphatic heterocycles. The molecule has 0 bridgehead atoms. The van der Waals surface area contributed by atoms with Gasteiger partial charge in [0.15, 0.2) is 21.7 Å². The first kappa shape index (κ1) is 42.4. The SMILES string of the molecule is Cc1cccc(C)c1-c1c2nc(/C=c3/ncc(=c4c(=O)c5cccc6cccc(c4=O)c65)s3)sc2c(-c2c(C)cccc2C)c2nc(/C=c3/ncc(=c4c(=O)c5cccc6cccc(c4=O)c65)s3)sc12. The van der Waals surface area contributed by atoms with Gasteiger partial charge in [0, 0.05) is 68.0 Å². The molecule has 0 unspecified atom stereocenters. The Morgan fingerprint density at radius 1 is 0.400 bits per heavy atom. The molecule has 0 radical (unpaired) electrons. The topological polar surface area (TPSA) is 120 Å². The van der Waals surface area contributed by atoms with Gasteiger partial charge in [-0.1, -0.05) is 109 Å². The number of benzene rings is 9. The monoisotopic (exact) mass is 978 g/mol. The van der Waals surface area contributed by atoms with Crippen LogP contribution in [0.2, 0.25) is 0 Å². The van der Waals surface area contributed by atoms with Crippen LogP contribution in [0.1, 0.15) is 32.3 Å². The van der Waals surface area contributed by atoms with Crippen LogP contribution in [0.5, 0.6) is 0 Å². The standard InChI is InChI=1S/C58H34N4O4S4/c1-27-11-5-12-28(2)43(27)49-51-58(70-41(61-51)23-39-59-25-37(67-39)47-53(63)33-19-7-15-31-16-8-20-34(45(31)33)54(47)64)50(44-29(3)13-6-14-30(44)4)52-57(49)69-42(62-52)24-40-60-26-38(68-40)48-55(65)35-21-9-17-32-18-10-22-36(46(32)35)56(48)66/h5-26H,1-4H3/b39-23-,40-24-. The third-order valence-corrected chi connectivity index (χ3v) is 17.4. The molecule has 9 aromatic carbocycles. The van der Waals surface area contributed by atoms with Crippen LogP contribution >= 0.6 is 45.3 Å². The van der Waals surface area contributed by atoms with Gasteiger partial charge >= 0.3 is 0 Å². The van der Waals surface area contributed by atoms with E-state index in [9.17, 15) is 19.2 Å². The summed E-state index contributed by atoms with van der Waals surface area (Å²) in [6.07, 6.45) is 7.13. The van der Waals surface area contributed by atoms with Crippen molar-refractivity contribution < 1.29 is 0 Å². The van der Waals surface area contributed by atoms with E-state index in [-0.39, 0.29) is 32.2 Å². The highest BCUT2D eigenvalue weighted by atomic mass is 32.1. The molecular weight excluding hydrogens is 945 g/mol. The van der Waals surface area contributed by atoms with Crippen molar-refractivity contribution in [1.29, 1.82) is 0 Å². The first-order chi connectivity index (χ1) is 34.0. The molecule has 70 heavy (non-hydrogen) atoms. The Labute approximate surface area is 411 Å². The van der Waals surface area contributed by atoms with Crippen LogP contribution in [0.15, 0.2) is 141 Å². The summed E-state index contributed by atoms with van der Waals surface area (Å²) in [5.74, 6) is 0. The molecule has 0 saturated carbocycles. The third kappa shape index (κ3) is 6.37. The van der Waals surface area contributed by atoms with E-state index < -0.39 is 0 Å². The average Bonchev–Trinajstić information content (AvgIpc) is 4.18. The average molecular weight is 979 g/mol. The van der Waals surface area contributed by atoms with E-state index in [1.165, 1.54) is 22.7 Å². The lowest BCUT2D eigenvalue weighted by Crippen LogP contribution is -2.17. The van der Waals surface area contributed by atoms with Crippen LogP contribution in [0.25, 0.3) is 97.9 Å². The molecule has 0 atom stereocenters. The summed E-state index contributed by atoms with van der Waals surface area (Å²) in [4.78, 5) is 76.3. The summed E-state index contributed by atoms with van der Waals surface area (Å²) >= 11 is 5.73. The van der Waals surface area contributed by atoms with E-state index >= 15 is 0 Å². The predicted octanol–water partition coefficient (Wildman–Crippen LogP) is 11.0. The number of thiazole rings is 4. The minimum atomic E-state index is -0.294. The van der Waals surface area contributed by atoms with Gasteiger partial charge in [-0.15, -0.1) is 45.3 Å².